The largest absolute Gasteiger partial charge is 0.481 e. The Hall–Kier alpha value is -2.43. The Balaban J connectivity index is 2.01. The summed E-state index contributed by atoms with van der Waals surface area (Å²) in [4.78, 5) is 24.5. The van der Waals surface area contributed by atoms with Crippen LogP contribution in [-0.2, 0) is 9.59 Å². The number of benzene rings is 1. The number of nitrogens with one attached hydrogen (secondary N) is 1. The fraction of sp³-hybridized carbons (Fsp3) is 0.500. The van der Waals surface area contributed by atoms with Crippen molar-refractivity contribution >= 4 is 17.6 Å². The molecule has 1 unspecified atom stereocenters. The molecule has 1 heterocycles. The number of hydrogen-bond acceptors (Lipinski definition) is 4. The van der Waals surface area contributed by atoms with Crippen LogP contribution in [0, 0.1) is 11.8 Å². The van der Waals surface area contributed by atoms with Crippen molar-refractivity contribution in [1.29, 1.82) is 0 Å². The van der Waals surface area contributed by atoms with Gasteiger partial charge in [-0.1, -0.05) is 0 Å². The highest BCUT2D eigenvalue weighted by Gasteiger charge is 2.53. The Morgan fingerprint density at radius 2 is 1.81 bits per heavy atom. The maximum Gasteiger partial charge on any atom is 0.393 e. The lowest BCUT2D eigenvalue weighted by Crippen LogP contribution is -2.41. The van der Waals surface area contributed by atoms with E-state index in [-0.39, 0.29) is 11.4 Å². The van der Waals surface area contributed by atoms with Crippen molar-refractivity contribution in [3.63, 3.8) is 0 Å². The molecular formula is C16H17F5N2O4. The van der Waals surface area contributed by atoms with Gasteiger partial charge in [0.25, 0.3) is 0 Å². The number of ether oxygens (including phenoxy) is 1. The molecule has 0 radical (unpaired) electrons. The summed E-state index contributed by atoms with van der Waals surface area (Å²) in [7, 11) is 0. The number of alkyl halides is 5. The highest BCUT2D eigenvalue weighted by Crippen LogP contribution is 2.38. The zero-order valence-corrected chi connectivity index (χ0v) is 14.0. The summed E-state index contributed by atoms with van der Waals surface area (Å²) in [5.41, 5.74) is 0.231. The molecule has 6 nitrogen and oxygen atoms in total. The summed E-state index contributed by atoms with van der Waals surface area (Å²) in [6.07, 6.45) is -4.69. The van der Waals surface area contributed by atoms with Crippen LogP contribution in [0.15, 0.2) is 24.3 Å². The smallest absolute Gasteiger partial charge is 0.393 e. The molecule has 1 aromatic carbocycles. The van der Waals surface area contributed by atoms with E-state index in [1.807, 2.05) is 0 Å². The number of carbonyl (C=O) groups is 2. The van der Waals surface area contributed by atoms with E-state index in [9.17, 15) is 31.5 Å². The van der Waals surface area contributed by atoms with Crippen molar-refractivity contribution in [2.24, 2.45) is 11.8 Å². The van der Waals surface area contributed by atoms with Crippen molar-refractivity contribution in [3.05, 3.63) is 24.3 Å². The van der Waals surface area contributed by atoms with E-state index in [0.717, 1.165) is 4.90 Å². The van der Waals surface area contributed by atoms with Gasteiger partial charge in [0.05, 0.1) is 17.9 Å². The maximum absolute atomic E-state index is 13.0. The third kappa shape index (κ3) is 5.28. The van der Waals surface area contributed by atoms with Crippen molar-refractivity contribution < 1.29 is 41.4 Å². The first-order valence-electron chi connectivity index (χ1n) is 7.88. The van der Waals surface area contributed by atoms with Gasteiger partial charge < -0.3 is 15.2 Å². The molecule has 3 atom stereocenters. The van der Waals surface area contributed by atoms with Gasteiger partial charge in [0, 0.05) is 18.8 Å². The number of anilines is 1. The first-order valence-corrected chi connectivity index (χ1v) is 7.88. The summed E-state index contributed by atoms with van der Waals surface area (Å²) in [5, 5.41) is 11.5. The van der Waals surface area contributed by atoms with Gasteiger partial charge in [0.15, 0.2) is 0 Å². The van der Waals surface area contributed by atoms with E-state index in [1.165, 1.54) is 31.2 Å². The summed E-state index contributed by atoms with van der Waals surface area (Å²) in [6, 6.07) is 3.97. The number of likely N-dealkylation sites (tertiary alicyclic amines) is 1. The van der Waals surface area contributed by atoms with Gasteiger partial charge in [-0.25, -0.2) is 0 Å². The minimum Gasteiger partial charge on any atom is -0.481 e. The number of nitrogens with zero attached hydrogens (tertiary/aromatic N) is 1. The third-order valence-corrected chi connectivity index (χ3v) is 4.36. The number of amides is 1. The van der Waals surface area contributed by atoms with Crippen molar-refractivity contribution in [1.82, 2.24) is 4.90 Å². The Bertz CT molecular complexity index is 680. The number of carboxylic acids is 1. The molecule has 1 aliphatic heterocycles. The molecule has 0 bridgehead atoms. The number of halogens is 5. The van der Waals surface area contributed by atoms with E-state index in [2.05, 4.69) is 10.1 Å². The lowest BCUT2D eigenvalue weighted by atomic mass is 9.96. The van der Waals surface area contributed by atoms with Crippen LogP contribution < -0.4 is 10.1 Å². The summed E-state index contributed by atoms with van der Waals surface area (Å²) in [5.74, 6) is -6.04. The lowest BCUT2D eigenvalue weighted by Gasteiger charge is -2.23. The van der Waals surface area contributed by atoms with E-state index in [0.29, 0.717) is 0 Å². The zero-order valence-electron chi connectivity index (χ0n) is 14.0. The second-order valence-corrected chi connectivity index (χ2v) is 6.11. The standard InChI is InChI=1S/C16H17F5N2O4/c1-8(23-6-11(14(25)26)12(7-23)16(19,20)21)13(24)22-9-2-4-10(5-3-9)27-15(17)18/h2-5,8,11-12,15H,6-7H2,1H3,(H,22,24)(H,25,26)/t8?,11-,12-/m1/s1. The first-order chi connectivity index (χ1) is 12.5. The molecule has 0 aliphatic carbocycles. The molecule has 1 saturated heterocycles. The minimum atomic E-state index is -4.69. The second kappa shape index (κ2) is 8.07. The summed E-state index contributed by atoms with van der Waals surface area (Å²) < 4.78 is 67.4. The fourth-order valence-corrected chi connectivity index (χ4v) is 2.86. The summed E-state index contributed by atoms with van der Waals surface area (Å²) >= 11 is 0. The van der Waals surface area contributed by atoms with Crippen LogP contribution >= 0.6 is 0 Å². The monoisotopic (exact) mass is 396 g/mol. The Labute approximate surface area is 150 Å². The van der Waals surface area contributed by atoms with Crippen LogP contribution in [0.4, 0.5) is 27.6 Å². The van der Waals surface area contributed by atoms with Gasteiger partial charge in [0.2, 0.25) is 5.91 Å². The summed E-state index contributed by atoms with van der Waals surface area (Å²) in [6.45, 7) is -2.64. The van der Waals surface area contributed by atoms with Crippen molar-refractivity contribution in [2.45, 2.75) is 25.8 Å². The van der Waals surface area contributed by atoms with Gasteiger partial charge in [-0.15, -0.1) is 0 Å². The fourth-order valence-electron chi connectivity index (χ4n) is 2.86. The van der Waals surface area contributed by atoms with Crippen LogP contribution in [0.1, 0.15) is 6.92 Å². The first kappa shape index (κ1) is 20.9. The molecule has 11 heteroatoms. The molecule has 2 rings (SSSR count). The average Bonchev–Trinajstić information content (AvgIpc) is 3.01. The van der Waals surface area contributed by atoms with Gasteiger partial charge in [-0.05, 0) is 31.2 Å². The third-order valence-electron chi connectivity index (χ3n) is 4.36. The van der Waals surface area contributed by atoms with E-state index >= 15 is 0 Å². The number of rotatable bonds is 6. The topological polar surface area (TPSA) is 78.9 Å². The van der Waals surface area contributed by atoms with E-state index in [1.54, 1.807) is 0 Å². The van der Waals surface area contributed by atoms with Crippen LogP contribution in [0.5, 0.6) is 5.75 Å². The molecule has 1 amide bonds. The maximum atomic E-state index is 13.0. The van der Waals surface area contributed by atoms with Gasteiger partial charge >= 0.3 is 18.8 Å². The SMILES string of the molecule is CC(C(=O)Nc1ccc(OC(F)F)cc1)N1C[C@@H](C(F)(F)F)[C@H](C(=O)O)C1. The number of hydrogen-bond donors (Lipinski definition) is 2. The van der Waals surface area contributed by atoms with Gasteiger partial charge in [0.1, 0.15) is 5.75 Å². The van der Waals surface area contributed by atoms with Crippen molar-refractivity contribution in [3.8, 4) is 5.75 Å². The highest BCUT2D eigenvalue weighted by atomic mass is 19.4. The predicted molar refractivity (Wildman–Crippen MR) is 83.4 cm³/mol. The Kier molecular flexibility index (Phi) is 6.24. The Morgan fingerprint density at radius 1 is 1.22 bits per heavy atom. The molecule has 0 aromatic heterocycles. The second-order valence-electron chi connectivity index (χ2n) is 6.11. The molecule has 0 spiro atoms. The molecular weight excluding hydrogens is 379 g/mol. The van der Waals surface area contributed by atoms with E-state index < -0.39 is 55.6 Å². The number of carbonyl (C=O) groups excluding carboxylic acids is 1. The molecule has 0 saturated carbocycles. The normalized spacial score (nSPS) is 21.9. The quantitative estimate of drug-likeness (QED) is 0.723. The van der Waals surface area contributed by atoms with Gasteiger partial charge in [-0.2, -0.15) is 22.0 Å². The minimum absolute atomic E-state index is 0.118. The Morgan fingerprint density at radius 3 is 2.26 bits per heavy atom. The van der Waals surface area contributed by atoms with Gasteiger partial charge in [-0.3, -0.25) is 14.5 Å². The molecule has 1 aliphatic rings. The molecule has 1 aromatic rings. The molecule has 2 N–H and O–H groups in total. The van der Waals surface area contributed by atoms with E-state index in [4.69, 9.17) is 5.11 Å². The highest BCUT2D eigenvalue weighted by molar-refractivity contribution is 5.94. The number of aliphatic carboxylic acids is 1. The van der Waals surface area contributed by atoms with Crippen LogP contribution in [0.2, 0.25) is 0 Å². The van der Waals surface area contributed by atoms with Crippen LogP contribution in [-0.4, -0.2) is 53.8 Å². The number of carboxylic acid groups (broad SMARTS) is 1. The average molecular weight is 396 g/mol. The zero-order chi connectivity index (χ0) is 20.4. The van der Waals surface area contributed by atoms with Crippen LogP contribution in [0.3, 0.4) is 0 Å². The predicted octanol–water partition coefficient (Wildman–Crippen LogP) is 2.81. The molecule has 150 valence electrons. The lowest BCUT2D eigenvalue weighted by molar-refractivity contribution is -0.188. The van der Waals surface area contributed by atoms with Crippen LogP contribution in [0.25, 0.3) is 0 Å². The van der Waals surface area contributed by atoms with Crippen molar-refractivity contribution in [2.75, 3.05) is 18.4 Å². The molecule has 27 heavy (non-hydrogen) atoms. The molecule has 1 fully saturated rings.